The molecule has 4 aliphatic rings. The highest BCUT2D eigenvalue weighted by Gasteiger charge is 2.50. The van der Waals surface area contributed by atoms with Crippen LogP contribution < -0.4 is 0 Å². The Labute approximate surface area is 195 Å². The quantitative estimate of drug-likeness (QED) is 0.479. The second-order valence-electron chi connectivity index (χ2n) is 11.8. The van der Waals surface area contributed by atoms with E-state index in [0.29, 0.717) is 41.9 Å². The molecule has 4 aliphatic carbocycles. The summed E-state index contributed by atoms with van der Waals surface area (Å²) in [4.78, 5) is 0. The van der Waals surface area contributed by atoms with Crippen LogP contribution in [0.1, 0.15) is 85.0 Å². The van der Waals surface area contributed by atoms with E-state index in [9.17, 15) is 15.3 Å². The monoisotopic (exact) mass is 440 g/mol. The summed E-state index contributed by atoms with van der Waals surface area (Å²) in [7, 11) is 0. The summed E-state index contributed by atoms with van der Waals surface area (Å²) in [5.41, 5.74) is 3.12. The number of fused-ring (bicyclic) bond motifs is 1. The summed E-state index contributed by atoms with van der Waals surface area (Å²) in [5.74, 6) is 2.13. The molecule has 0 bridgehead atoms. The lowest BCUT2D eigenvalue weighted by molar-refractivity contribution is 0.0385. The number of hydrogen-bond acceptors (Lipinski definition) is 3. The van der Waals surface area contributed by atoms with Crippen molar-refractivity contribution in [3.05, 3.63) is 47.6 Å². The van der Waals surface area contributed by atoms with Crippen LogP contribution in [0.5, 0.6) is 0 Å². The first-order chi connectivity index (χ1) is 15.1. The smallest absolute Gasteiger partial charge is 0.0811 e. The minimum Gasteiger partial charge on any atom is -0.393 e. The zero-order valence-electron chi connectivity index (χ0n) is 20.4. The van der Waals surface area contributed by atoms with Crippen LogP contribution in [0.2, 0.25) is 0 Å². The minimum atomic E-state index is -0.621. The highest BCUT2D eigenvalue weighted by Crippen LogP contribution is 2.59. The normalized spacial score (nSPS) is 46.3. The Morgan fingerprint density at radius 2 is 1.84 bits per heavy atom. The zero-order valence-corrected chi connectivity index (χ0v) is 20.4. The fraction of sp³-hybridized carbons (Fsp3) is 0.724. The van der Waals surface area contributed by atoms with Crippen molar-refractivity contribution in [2.24, 2.45) is 29.1 Å². The molecule has 0 amide bonds. The largest absolute Gasteiger partial charge is 0.393 e. The molecule has 1 unspecified atom stereocenters. The lowest BCUT2D eigenvalue weighted by Crippen LogP contribution is -2.35. The maximum atomic E-state index is 10.6. The molecular weight excluding hydrogens is 396 g/mol. The molecule has 32 heavy (non-hydrogen) atoms. The van der Waals surface area contributed by atoms with Gasteiger partial charge in [-0.2, -0.15) is 0 Å². The Morgan fingerprint density at radius 1 is 1.06 bits per heavy atom. The first kappa shape index (κ1) is 24.0. The van der Waals surface area contributed by atoms with Crippen molar-refractivity contribution in [1.29, 1.82) is 0 Å². The molecule has 3 heteroatoms. The summed E-state index contributed by atoms with van der Waals surface area (Å²) in [6.45, 7) is 11.0. The maximum absolute atomic E-state index is 10.6. The second-order valence-corrected chi connectivity index (χ2v) is 11.8. The minimum absolute atomic E-state index is 0.303. The molecule has 0 spiro atoms. The van der Waals surface area contributed by atoms with Crippen LogP contribution in [-0.2, 0) is 0 Å². The van der Waals surface area contributed by atoms with Crippen molar-refractivity contribution >= 4 is 0 Å². The van der Waals surface area contributed by atoms with Crippen LogP contribution in [0.25, 0.3) is 0 Å². The molecule has 0 aromatic carbocycles. The van der Waals surface area contributed by atoms with E-state index in [1.807, 2.05) is 6.92 Å². The number of aliphatic hydroxyl groups excluding tert-OH is 2. The van der Waals surface area contributed by atoms with E-state index < -0.39 is 17.8 Å². The lowest BCUT2D eigenvalue weighted by Gasteiger charge is -2.44. The third kappa shape index (κ3) is 4.58. The Hall–Kier alpha value is -1.16. The van der Waals surface area contributed by atoms with E-state index >= 15 is 0 Å². The molecule has 3 nitrogen and oxygen atoms in total. The lowest BCUT2D eigenvalue weighted by atomic mass is 9.61. The Morgan fingerprint density at radius 3 is 2.56 bits per heavy atom. The molecule has 3 N–H and O–H groups in total. The van der Waals surface area contributed by atoms with Gasteiger partial charge in [-0.3, -0.25) is 0 Å². The van der Waals surface area contributed by atoms with Gasteiger partial charge >= 0.3 is 0 Å². The molecule has 0 aromatic rings. The number of hydrogen-bond donors (Lipinski definition) is 3. The summed E-state index contributed by atoms with van der Waals surface area (Å²) in [6.07, 6.45) is 18.4. The van der Waals surface area contributed by atoms with Gasteiger partial charge in [-0.25, -0.2) is 0 Å². The SMILES string of the molecule is C=C1/C(=C\C=C2/CCC[C@]3(C)[C@@H]([C@H](C)/C=C/[C@@H]4CCCC4(C)O)CC[C@@H]23)C[C@@H](O)C[C@@H]1O. The molecule has 0 aliphatic heterocycles. The van der Waals surface area contributed by atoms with Gasteiger partial charge in [0.2, 0.25) is 0 Å². The van der Waals surface area contributed by atoms with Crippen LogP contribution in [0, 0.1) is 29.1 Å². The molecule has 178 valence electrons. The van der Waals surface area contributed by atoms with Crippen LogP contribution in [0.4, 0.5) is 0 Å². The van der Waals surface area contributed by atoms with E-state index in [1.54, 1.807) is 5.57 Å². The third-order valence-corrected chi connectivity index (χ3v) is 9.58. The molecular formula is C29H44O3. The average molecular weight is 441 g/mol. The van der Waals surface area contributed by atoms with Crippen molar-refractivity contribution in [1.82, 2.24) is 0 Å². The molecule has 0 heterocycles. The average Bonchev–Trinajstić information content (AvgIpc) is 3.26. The Kier molecular flexibility index (Phi) is 6.92. The molecule has 8 atom stereocenters. The molecule has 0 aromatic heterocycles. The molecule has 4 saturated carbocycles. The molecule has 0 radical (unpaired) electrons. The van der Waals surface area contributed by atoms with Gasteiger partial charge < -0.3 is 15.3 Å². The highest BCUT2D eigenvalue weighted by atomic mass is 16.3. The fourth-order valence-corrected chi connectivity index (χ4v) is 7.53. The van der Waals surface area contributed by atoms with E-state index in [2.05, 4.69) is 44.7 Å². The summed E-state index contributed by atoms with van der Waals surface area (Å²) in [5, 5.41) is 30.9. The van der Waals surface area contributed by atoms with E-state index in [0.717, 1.165) is 36.8 Å². The van der Waals surface area contributed by atoms with Crippen molar-refractivity contribution in [3.63, 3.8) is 0 Å². The fourth-order valence-electron chi connectivity index (χ4n) is 7.53. The Balaban J connectivity index is 1.49. The Bertz CT molecular complexity index is 803. The van der Waals surface area contributed by atoms with Crippen LogP contribution in [-0.4, -0.2) is 33.1 Å². The van der Waals surface area contributed by atoms with Gasteiger partial charge in [-0.05, 0) is 99.0 Å². The van der Waals surface area contributed by atoms with E-state index in [1.165, 1.54) is 25.7 Å². The van der Waals surface area contributed by atoms with Crippen LogP contribution in [0.15, 0.2) is 47.6 Å². The van der Waals surface area contributed by atoms with Gasteiger partial charge in [0.25, 0.3) is 0 Å². The molecule has 0 saturated heterocycles. The van der Waals surface area contributed by atoms with Gasteiger partial charge in [-0.1, -0.05) is 50.3 Å². The van der Waals surface area contributed by atoms with Crippen LogP contribution >= 0.6 is 0 Å². The third-order valence-electron chi connectivity index (χ3n) is 9.58. The first-order valence-corrected chi connectivity index (χ1v) is 13.0. The first-order valence-electron chi connectivity index (χ1n) is 13.0. The predicted molar refractivity (Wildman–Crippen MR) is 131 cm³/mol. The summed E-state index contributed by atoms with van der Waals surface area (Å²) >= 11 is 0. The van der Waals surface area contributed by atoms with Crippen LogP contribution in [0.3, 0.4) is 0 Å². The molecule has 4 fully saturated rings. The van der Waals surface area contributed by atoms with Crippen molar-refractivity contribution in [2.75, 3.05) is 0 Å². The van der Waals surface area contributed by atoms with Crippen molar-refractivity contribution < 1.29 is 15.3 Å². The number of allylic oxidation sites excluding steroid dienone is 4. The zero-order chi connectivity index (χ0) is 23.1. The number of aliphatic hydroxyl groups is 3. The van der Waals surface area contributed by atoms with Gasteiger partial charge in [0, 0.05) is 12.3 Å². The van der Waals surface area contributed by atoms with E-state index in [-0.39, 0.29) is 0 Å². The summed E-state index contributed by atoms with van der Waals surface area (Å²) in [6, 6.07) is 0. The van der Waals surface area contributed by atoms with Gasteiger partial charge in [0.15, 0.2) is 0 Å². The van der Waals surface area contributed by atoms with Gasteiger partial charge in [0.05, 0.1) is 17.8 Å². The van der Waals surface area contributed by atoms with Crippen molar-refractivity contribution in [2.45, 2.75) is 103 Å². The summed E-state index contributed by atoms with van der Waals surface area (Å²) < 4.78 is 0. The highest BCUT2D eigenvalue weighted by molar-refractivity contribution is 5.38. The number of rotatable bonds is 4. The van der Waals surface area contributed by atoms with Gasteiger partial charge in [0.1, 0.15) is 0 Å². The maximum Gasteiger partial charge on any atom is 0.0811 e. The predicted octanol–water partition coefficient (Wildman–Crippen LogP) is 5.87. The molecule has 4 rings (SSSR count). The van der Waals surface area contributed by atoms with Gasteiger partial charge in [-0.15, -0.1) is 0 Å². The topological polar surface area (TPSA) is 60.7 Å². The van der Waals surface area contributed by atoms with Crippen molar-refractivity contribution in [3.8, 4) is 0 Å². The standard InChI is InChI=1S/C29H44O3/c1-19(9-12-23-8-6-16-29(23,4)32)25-13-14-26-21(7-5-15-28(25,26)3)10-11-22-17-24(30)18-27(31)20(22)2/h9-12,19,23-27,30-32H,2,5-8,13-18H2,1,3-4H3/b12-9+,21-10+,22-11-/t19-,23+,24-,25-,26+,27+,28-,29?/m1/s1. The second kappa shape index (κ2) is 9.24. The van der Waals surface area contributed by atoms with E-state index in [4.69, 9.17) is 0 Å².